The molecule has 1 aromatic rings. The monoisotopic (exact) mass is 206 g/mol. The van der Waals surface area contributed by atoms with Gasteiger partial charge in [-0.25, -0.2) is 0 Å². The van der Waals surface area contributed by atoms with Crippen molar-refractivity contribution in [3.8, 4) is 0 Å². The Kier molecular flexibility index (Phi) is 5.19. The van der Waals surface area contributed by atoms with Crippen molar-refractivity contribution in [1.29, 1.82) is 0 Å². The van der Waals surface area contributed by atoms with Crippen molar-refractivity contribution in [2.75, 3.05) is 25.0 Å². The van der Waals surface area contributed by atoms with Crippen LogP contribution in [0.15, 0.2) is 18.2 Å². The summed E-state index contributed by atoms with van der Waals surface area (Å²) in [6.45, 7) is 9.58. The van der Waals surface area contributed by atoms with Gasteiger partial charge in [0.1, 0.15) is 0 Å². The van der Waals surface area contributed by atoms with Gasteiger partial charge in [-0.1, -0.05) is 19.1 Å². The van der Waals surface area contributed by atoms with Gasteiger partial charge in [-0.15, -0.1) is 0 Å². The molecule has 0 heterocycles. The Bertz CT molecular complexity index is 295. The van der Waals surface area contributed by atoms with E-state index in [4.69, 9.17) is 0 Å². The van der Waals surface area contributed by atoms with Gasteiger partial charge in [0.25, 0.3) is 0 Å². The zero-order valence-electron chi connectivity index (χ0n) is 10.1. The van der Waals surface area contributed by atoms with Gasteiger partial charge in [-0.2, -0.15) is 0 Å². The van der Waals surface area contributed by atoms with Crippen LogP contribution < -0.4 is 10.6 Å². The molecule has 2 heteroatoms. The highest BCUT2D eigenvalue weighted by Gasteiger charge is 1.96. The summed E-state index contributed by atoms with van der Waals surface area (Å²) < 4.78 is 0. The highest BCUT2D eigenvalue weighted by Crippen LogP contribution is 2.15. The normalized spacial score (nSPS) is 10.3. The van der Waals surface area contributed by atoms with Crippen LogP contribution in [0.4, 0.5) is 5.69 Å². The third kappa shape index (κ3) is 4.34. The van der Waals surface area contributed by atoms with Crippen LogP contribution in [0.2, 0.25) is 0 Å². The van der Waals surface area contributed by atoms with E-state index in [-0.39, 0.29) is 0 Å². The van der Waals surface area contributed by atoms with Crippen LogP contribution in [0.5, 0.6) is 0 Å². The summed E-state index contributed by atoms with van der Waals surface area (Å²) in [5.41, 5.74) is 3.88. The second kappa shape index (κ2) is 6.46. The number of rotatable bonds is 6. The minimum atomic E-state index is 0.990. The van der Waals surface area contributed by atoms with Crippen LogP contribution in [0.3, 0.4) is 0 Å². The first-order valence-corrected chi connectivity index (χ1v) is 5.76. The molecule has 2 N–H and O–H groups in total. The van der Waals surface area contributed by atoms with E-state index < -0.39 is 0 Å². The third-order valence-electron chi connectivity index (χ3n) is 2.44. The second-order valence-corrected chi connectivity index (χ2v) is 4.00. The molecule has 0 aliphatic carbocycles. The van der Waals surface area contributed by atoms with Crippen LogP contribution in [-0.2, 0) is 0 Å². The molecule has 2 nitrogen and oxygen atoms in total. The lowest BCUT2D eigenvalue weighted by Crippen LogP contribution is -2.22. The van der Waals surface area contributed by atoms with Crippen LogP contribution in [-0.4, -0.2) is 19.6 Å². The number of benzene rings is 1. The lowest BCUT2D eigenvalue weighted by atomic mass is 10.1. The van der Waals surface area contributed by atoms with Crippen molar-refractivity contribution < 1.29 is 0 Å². The van der Waals surface area contributed by atoms with Crippen LogP contribution in [0, 0.1) is 13.8 Å². The second-order valence-electron chi connectivity index (χ2n) is 4.00. The van der Waals surface area contributed by atoms with Gasteiger partial charge in [0.15, 0.2) is 0 Å². The van der Waals surface area contributed by atoms with Crippen molar-refractivity contribution >= 4 is 5.69 Å². The largest absolute Gasteiger partial charge is 0.384 e. The van der Waals surface area contributed by atoms with E-state index in [1.807, 2.05) is 0 Å². The Balaban J connectivity index is 2.33. The van der Waals surface area contributed by atoms with E-state index in [1.54, 1.807) is 0 Å². The Hall–Kier alpha value is -1.02. The van der Waals surface area contributed by atoms with Gasteiger partial charge in [-0.05, 0) is 44.0 Å². The predicted octanol–water partition coefficient (Wildman–Crippen LogP) is 2.71. The summed E-state index contributed by atoms with van der Waals surface area (Å²) in [5.74, 6) is 0. The minimum Gasteiger partial charge on any atom is -0.384 e. The number of hydrogen-bond donors (Lipinski definition) is 2. The van der Waals surface area contributed by atoms with E-state index >= 15 is 0 Å². The topological polar surface area (TPSA) is 24.1 Å². The summed E-state index contributed by atoms with van der Waals surface area (Å²) in [6.07, 6.45) is 1.20. The smallest absolute Gasteiger partial charge is 0.0372 e. The van der Waals surface area contributed by atoms with Gasteiger partial charge in [-0.3, -0.25) is 0 Å². The Morgan fingerprint density at radius 1 is 1.07 bits per heavy atom. The Morgan fingerprint density at radius 3 is 2.60 bits per heavy atom. The van der Waals surface area contributed by atoms with Crippen LogP contribution in [0.1, 0.15) is 24.5 Å². The molecule has 84 valence electrons. The highest BCUT2D eigenvalue weighted by atomic mass is 14.9. The number of aryl methyl sites for hydroxylation is 2. The summed E-state index contributed by atoms with van der Waals surface area (Å²) in [7, 11) is 0. The summed E-state index contributed by atoms with van der Waals surface area (Å²) in [4.78, 5) is 0. The SMILES string of the molecule is CCCNCCNc1cc(C)ccc1C. The molecule has 0 fully saturated rings. The van der Waals surface area contributed by atoms with E-state index in [0.29, 0.717) is 0 Å². The highest BCUT2D eigenvalue weighted by molar-refractivity contribution is 5.52. The molecule has 15 heavy (non-hydrogen) atoms. The fourth-order valence-electron chi connectivity index (χ4n) is 1.51. The van der Waals surface area contributed by atoms with Crippen LogP contribution >= 0.6 is 0 Å². The number of hydrogen-bond acceptors (Lipinski definition) is 2. The minimum absolute atomic E-state index is 0.990. The fraction of sp³-hybridized carbons (Fsp3) is 0.538. The van der Waals surface area contributed by atoms with Gasteiger partial charge < -0.3 is 10.6 Å². The molecular formula is C13H22N2. The Labute approximate surface area is 93.1 Å². The van der Waals surface area contributed by atoms with Crippen molar-refractivity contribution in [1.82, 2.24) is 5.32 Å². The first-order chi connectivity index (χ1) is 7.24. The molecule has 0 unspecified atom stereocenters. The molecule has 1 rings (SSSR count). The zero-order valence-corrected chi connectivity index (χ0v) is 10.1. The standard InChI is InChI=1S/C13H22N2/c1-4-7-14-8-9-15-13-10-11(2)5-6-12(13)3/h5-6,10,14-15H,4,7-9H2,1-3H3. The van der Waals surface area contributed by atoms with Crippen molar-refractivity contribution in [2.45, 2.75) is 27.2 Å². The summed E-state index contributed by atoms with van der Waals surface area (Å²) in [5, 5.41) is 6.83. The van der Waals surface area contributed by atoms with Gasteiger partial charge in [0.05, 0.1) is 0 Å². The molecule has 0 aromatic heterocycles. The molecule has 1 aromatic carbocycles. The molecule has 0 radical (unpaired) electrons. The molecule has 0 amide bonds. The van der Waals surface area contributed by atoms with Gasteiger partial charge >= 0.3 is 0 Å². The first-order valence-electron chi connectivity index (χ1n) is 5.76. The average molecular weight is 206 g/mol. The van der Waals surface area contributed by atoms with Gasteiger partial charge in [0.2, 0.25) is 0 Å². The summed E-state index contributed by atoms with van der Waals surface area (Å²) >= 11 is 0. The summed E-state index contributed by atoms with van der Waals surface area (Å²) in [6, 6.07) is 6.52. The molecule has 0 aliphatic rings. The van der Waals surface area contributed by atoms with E-state index in [9.17, 15) is 0 Å². The lowest BCUT2D eigenvalue weighted by molar-refractivity contribution is 0.687. The number of nitrogens with one attached hydrogen (secondary N) is 2. The maximum Gasteiger partial charge on any atom is 0.0372 e. The Morgan fingerprint density at radius 2 is 1.87 bits per heavy atom. The lowest BCUT2D eigenvalue weighted by Gasteiger charge is -2.10. The van der Waals surface area contributed by atoms with Crippen LogP contribution in [0.25, 0.3) is 0 Å². The maximum atomic E-state index is 3.45. The third-order valence-corrected chi connectivity index (χ3v) is 2.44. The molecule has 0 saturated carbocycles. The van der Waals surface area contributed by atoms with Gasteiger partial charge in [0, 0.05) is 18.8 Å². The fourth-order valence-corrected chi connectivity index (χ4v) is 1.51. The first kappa shape index (κ1) is 12.1. The maximum absolute atomic E-state index is 3.45. The molecule has 0 atom stereocenters. The molecule has 0 spiro atoms. The number of anilines is 1. The zero-order chi connectivity index (χ0) is 11.1. The van der Waals surface area contributed by atoms with Crippen molar-refractivity contribution in [2.24, 2.45) is 0 Å². The van der Waals surface area contributed by atoms with Crippen molar-refractivity contribution in [3.05, 3.63) is 29.3 Å². The average Bonchev–Trinajstić information content (AvgIpc) is 2.23. The molecular weight excluding hydrogens is 184 g/mol. The molecule has 0 saturated heterocycles. The molecule has 0 bridgehead atoms. The predicted molar refractivity (Wildman–Crippen MR) is 67.6 cm³/mol. The van der Waals surface area contributed by atoms with E-state index in [1.165, 1.54) is 23.2 Å². The quantitative estimate of drug-likeness (QED) is 0.699. The van der Waals surface area contributed by atoms with E-state index in [2.05, 4.69) is 49.6 Å². The van der Waals surface area contributed by atoms with Crippen molar-refractivity contribution in [3.63, 3.8) is 0 Å². The molecule has 0 aliphatic heterocycles. The van der Waals surface area contributed by atoms with E-state index in [0.717, 1.165) is 19.6 Å².